The SMILES string of the molecule is CCOC(=O)c1ccc2c(c1)sc(=NC(=O)c1ccc(Cl)cc1)n2CCOC. The molecule has 0 bridgehead atoms. The van der Waals surface area contributed by atoms with E-state index in [9.17, 15) is 9.59 Å². The zero-order valence-electron chi connectivity index (χ0n) is 15.5. The van der Waals surface area contributed by atoms with Crippen molar-refractivity contribution in [1.82, 2.24) is 4.57 Å². The number of halogens is 1. The van der Waals surface area contributed by atoms with Crippen molar-refractivity contribution in [3.05, 3.63) is 63.4 Å². The van der Waals surface area contributed by atoms with E-state index >= 15 is 0 Å². The van der Waals surface area contributed by atoms with Crippen LogP contribution < -0.4 is 4.80 Å². The monoisotopic (exact) mass is 418 g/mol. The molecular weight excluding hydrogens is 400 g/mol. The van der Waals surface area contributed by atoms with Crippen LogP contribution in [0.5, 0.6) is 0 Å². The van der Waals surface area contributed by atoms with Gasteiger partial charge in [0, 0.05) is 24.2 Å². The molecule has 0 atom stereocenters. The smallest absolute Gasteiger partial charge is 0.338 e. The van der Waals surface area contributed by atoms with Crippen LogP contribution >= 0.6 is 22.9 Å². The van der Waals surface area contributed by atoms with E-state index < -0.39 is 0 Å². The van der Waals surface area contributed by atoms with E-state index in [4.69, 9.17) is 21.1 Å². The van der Waals surface area contributed by atoms with Crippen molar-refractivity contribution in [2.45, 2.75) is 13.5 Å². The molecule has 1 amide bonds. The minimum Gasteiger partial charge on any atom is -0.462 e. The number of amides is 1. The van der Waals surface area contributed by atoms with Crippen molar-refractivity contribution >= 4 is 45.0 Å². The molecule has 0 unspecified atom stereocenters. The number of esters is 1. The van der Waals surface area contributed by atoms with Crippen molar-refractivity contribution in [2.75, 3.05) is 20.3 Å². The van der Waals surface area contributed by atoms with Crippen LogP contribution in [0.4, 0.5) is 0 Å². The van der Waals surface area contributed by atoms with Crippen LogP contribution in [0.15, 0.2) is 47.5 Å². The molecule has 3 rings (SSSR count). The Balaban J connectivity index is 2.07. The van der Waals surface area contributed by atoms with Gasteiger partial charge in [-0.3, -0.25) is 4.79 Å². The van der Waals surface area contributed by atoms with Gasteiger partial charge in [-0.25, -0.2) is 4.79 Å². The summed E-state index contributed by atoms with van der Waals surface area (Å²) in [4.78, 5) is 29.4. The average molecular weight is 419 g/mol. The Bertz CT molecular complexity index is 1070. The van der Waals surface area contributed by atoms with Crippen molar-refractivity contribution in [1.29, 1.82) is 0 Å². The summed E-state index contributed by atoms with van der Waals surface area (Å²) in [6, 6.07) is 11.9. The molecule has 28 heavy (non-hydrogen) atoms. The highest BCUT2D eigenvalue weighted by Gasteiger charge is 2.13. The second-order valence-electron chi connectivity index (χ2n) is 5.86. The molecule has 0 aliphatic rings. The maximum absolute atomic E-state index is 12.6. The number of hydrogen-bond acceptors (Lipinski definition) is 5. The molecule has 2 aromatic carbocycles. The van der Waals surface area contributed by atoms with Crippen LogP contribution in [-0.2, 0) is 16.0 Å². The summed E-state index contributed by atoms with van der Waals surface area (Å²) in [5, 5.41) is 0.556. The van der Waals surface area contributed by atoms with E-state index in [1.165, 1.54) is 11.3 Å². The number of carbonyl (C=O) groups is 2. The van der Waals surface area contributed by atoms with Gasteiger partial charge in [0.2, 0.25) is 0 Å². The number of aromatic nitrogens is 1. The standard InChI is InChI=1S/C20H19ClN2O4S/c1-3-27-19(25)14-6-9-16-17(12-14)28-20(23(16)10-11-26-2)22-18(24)13-4-7-15(21)8-5-13/h4-9,12H,3,10-11H2,1-2H3. The Morgan fingerprint density at radius 2 is 1.86 bits per heavy atom. The highest BCUT2D eigenvalue weighted by molar-refractivity contribution is 7.16. The molecule has 146 valence electrons. The third-order valence-corrected chi connectivity index (χ3v) is 5.29. The molecule has 0 saturated carbocycles. The zero-order valence-corrected chi connectivity index (χ0v) is 17.0. The average Bonchev–Trinajstić information content (AvgIpc) is 3.03. The third kappa shape index (κ3) is 4.49. The second kappa shape index (κ2) is 9.14. The van der Waals surface area contributed by atoms with Gasteiger partial charge in [0.05, 0.1) is 29.0 Å². The van der Waals surface area contributed by atoms with Gasteiger partial charge in [0.25, 0.3) is 5.91 Å². The molecule has 1 aromatic heterocycles. The summed E-state index contributed by atoms with van der Waals surface area (Å²) in [5.41, 5.74) is 1.79. The Morgan fingerprint density at radius 3 is 2.54 bits per heavy atom. The van der Waals surface area contributed by atoms with Gasteiger partial charge in [-0.2, -0.15) is 4.99 Å². The molecule has 8 heteroatoms. The van der Waals surface area contributed by atoms with E-state index in [1.54, 1.807) is 50.4 Å². The van der Waals surface area contributed by atoms with Gasteiger partial charge in [-0.05, 0) is 49.4 Å². The van der Waals surface area contributed by atoms with E-state index in [0.29, 0.717) is 40.7 Å². The lowest BCUT2D eigenvalue weighted by atomic mass is 10.2. The lowest BCUT2D eigenvalue weighted by Gasteiger charge is -2.05. The predicted molar refractivity (Wildman–Crippen MR) is 109 cm³/mol. The Kier molecular flexibility index (Phi) is 6.61. The van der Waals surface area contributed by atoms with Crippen molar-refractivity contribution in [3.63, 3.8) is 0 Å². The number of benzene rings is 2. The molecule has 0 aliphatic heterocycles. The Hall–Kier alpha value is -2.48. The minimum atomic E-state index is -0.378. The number of ether oxygens (including phenoxy) is 2. The Labute approximate surface area is 171 Å². The molecule has 0 N–H and O–H groups in total. The van der Waals surface area contributed by atoms with Gasteiger partial charge in [0.15, 0.2) is 4.80 Å². The summed E-state index contributed by atoms with van der Waals surface area (Å²) in [6.07, 6.45) is 0. The quantitative estimate of drug-likeness (QED) is 0.569. The molecule has 6 nitrogen and oxygen atoms in total. The van der Waals surface area contributed by atoms with Crippen LogP contribution in [0.25, 0.3) is 10.2 Å². The van der Waals surface area contributed by atoms with E-state index in [-0.39, 0.29) is 11.9 Å². The summed E-state index contributed by atoms with van der Waals surface area (Å²) in [6.45, 7) is 3.07. The van der Waals surface area contributed by atoms with Gasteiger partial charge < -0.3 is 14.0 Å². The first-order valence-corrected chi connectivity index (χ1v) is 9.87. The lowest BCUT2D eigenvalue weighted by Crippen LogP contribution is -2.19. The topological polar surface area (TPSA) is 69.9 Å². The lowest BCUT2D eigenvalue weighted by molar-refractivity contribution is 0.0526. The molecule has 3 aromatic rings. The number of fused-ring (bicyclic) bond motifs is 1. The summed E-state index contributed by atoms with van der Waals surface area (Å²) >= 11 is 7.22. The zero-order chi connectivity index (χ0) is 20.1. The summed E-state index contributed by atoms with van der Waals surface area (Å²) in [5.74, 6) is -0.739. The fourth-order valence-corrected chi connectivity index (χ4v) is 3.86. The van der Waals surface area contributed by atoms with Crippen LogP contribution in [-0.4, -0.2) is 36.8 Å². The molecule has 0 fully saturated rings. The van der Waals surface area contributed by atoms with Gasteiger partial charge >= 0.3 is 5.97 Å². The number of hydrogen-bond donors (Lipinski definition) is 0. The van der Waals surface area contributed by atoms with Crippen LogP contribution in [0.1, 0.15) is 27.6 Å². The van der Waals surface area contributed by atoms with Crippen molar-refractivity contribution in [2.24, 2.45) is 4.99 Å². The number of methoxy groups -OCH3 is 1. The van der Waals surface area contributed by atoms with E-state index in [1.807, 2.05) is 10.6 Å². The third-order valence-electron chi connectivity index (χ3n) is 4.00. The number of carbonyl (C=O) groups excluding carboxylic acids is 2. The minimum absolute atomic E-state index is 0.311. The number of nitrogens with zero attached hydrogens (tertiary/aromatic N) is 2. The van der Waals surface area contributed by atoms with Gasteiger partial charge in [0.1, 0.15) is 0 Å². The largest absolute Gasteiger partial charge is 0.462 e. The van der Waals surface area contributed by atoms with Crippen LogP contribution in [0, 0.1) is 0 Å². The summed E-state index contributed by atoms with van der Waals surface area (Å²) in [7, 11) is 1.61. The molecule has 0 spiro atoms. The first-order chi connectivity index (χ1) is 13.5. The fourth-order valence-electron chi connectivity index (χ4n) is 2.64. The molecule has 0 aliphatic carbocycles. The van der Waals surface area contributed by atoms with Crippen LogP contribution in [0.2, 0.25) is 5.02 Å². The fraction of sp³-hybridized carbons (Fsp3) is 0.250. The number of rotatable bonds is 6. The van der Waals surface area contributed by atoms with E-state index in [2.05, 4.69) is 4.99 Å². The van der Waals surface area contributed by atoms with Gasteiger partial charge in [-0.15, -0.1) is 0 Å². The maximum atomic E-state index is 12.6. The van der Waals surface area contributed by atoms with Crippen LogP contribution in [0.3, 0.4) is 0 Å². The molecule has 1 heterocycles. The first kappa shape index (κ1) is 20.3. The maximum Gasteiger partial charge on any atom is 0.338 e. The molecular formula is C20H19ClN2O4S. The molecule has 0 saturated heterocycles. The summed E-state index contributed by atoms with van der Waals surface area (Å²) < 4.78 is 13.0. The predicted octanol–water partition coefficient (Wildman–Crippen LogP) is 3.92. The first-order valence-electron chi connectivity index (χ1n) is 8.67. The normalized spacial score (nSPS) is 11.8. The highest BCUT2D eigenvalue weighted by Crippen LogP contribution is 2.20. The highest BCUT2D eigenvalue weighted by atomic mass is 35.5. The van der Waals surface area contributed by atoms with Gasteiger partial charge in [-0.1, -0.05) is 22.9 Å². The Morgan fingerprint density at radius 1 is 1.14 bits per heavy atom. The molecule has 0 radical (unpaired) electrons. The van der Waals surface area contributed by atoms with Crippen molar-refractivity contribution in [3.8, 4) is 0 Å². The number of thiazole rings is 1. The second-order valence-corrected chi connectivity index (χ2v) is 7.30. The van der Waals surface area contributed by atoms with Crippen molar-refractivity contribution < 1.29 is 19.1 Å². The van der Waals surface area contributed by atoms with E-state index in [0.717, 1.165) is 10.2 Å².